The number of aromatic nitrogens is 1. The first kappa shape index (κ1) is 13.6. The van der Waals surface area contributed by atoms with Crippen LogP contribution in [0.15, 0.2) is 41.3 Å². The van der Waals surface area contributed by atoms with Gasteiger partial charge < -0.3 is 19.6 Å². The Bertz CT molecular complexity index is 595. The maximum Gasteiger partial charge on any atom is 0.339 e. The third-order valence-corrected chi connectivity index (χ3v) is 2.41. The van der Waals surface area contributed by atoms with E-state index in [-0.39, 0.29) is 30.4 Å². The zero-order valence-corrected chi connectivity index (χ0v) is 10.4. The summed E-state index contributed by atoms with van der Waals surface area (Å²) in [6, 6.07) is 4.75. The van der Waals surface area contributed by atoms with Crippen molar-refractivity contribution < 1.29 is 23.8 Å². The van der Waals surface area contributed by atoms with Gasteiger partial charge in [-0.3, -0.25) is 9.78 Å². The van der Waals surface area contributed by atoms with Gasteiger partial charge in [0, 0.05) is 6.20 Å². The van der Waals surface area contributed by atoms with Crippen LogP contribution in [0.4, 0.5) is 0 Å². The zero-order chi connectivity index (χ0) is 14.4. The minimum atomic E-state index is -1.14. The number of hydrogen-bond donors (Lipinski definition) is 2. The lowest BCUT2D eigenvalue weighted by Gasteiger charge is -2.08. The molecule has 0 spiro atoms. The number of rotatable bonds is 6. The fourth-order valence-electron chi connectivity index (χ4n) is 1.46. The number of carbonyl (C=O) groups excluding carboxylic acids is 1. The first-order valence-electron chi connectivity index (χ1n) is 5.76. The molecule has 7 nitrogen and oxygen atoms in total. The number of nitrogens with zero attached hydrogens (tertiary/aromatic N) is 1. The van der Waals surface area contributed by atoms with Crippen molar-refractivity contribution in [2.75, 3.05) is 6.61 Å². The molecule has 0 aliphatic heterocycles. The van der Waals surface area contributed by atoms with Crippen molar-refractivity contribution in [2.24, 2.45) is 0 Å². The van der Waals surface area contributed by atoms with Crippen molar-refractivity contribution in [3.63, 3.8) is 0 Å². The van der Waals surface area contributed by atoms with E-state index in [0.29, 0.717) is 5.76 Å². The van der Waals surface area contributed by atoms with Crippen molar-refractivity contribution >= 4 is 11.9 Å². The molecule has 0 saturated carbocycles. The van der Waals surface area contributed by atoms with Crippen LogP contribution in [0.5, 0.6) is 5.75 Å². The highest BCUT2D eigenvalue weighted by atomic mass is 16.5. The maximum atomic E-state index is 11.5. The second-order valence-corrected chi connectivity index (χ2v) is 3.82. The molecule has 104 valence electrons. The molecule has 7 heteroatoms. The minimum absolute atomic E-state index is 0.0427. The van der Waals surface area contributed by atoms with Gasteiger partial charge in [0.15, 0.2) is 12.4 Å². The monoisotopic (exact) mass is 276 g/mol. The topological polar surface area (TPSA) is 102 Å². The average Bonchev–Trinajstić information content (AvgIpc) is 2.96. The Morgan fingerprint density at radius 2 is 2.25 bits per heavy atom. The highest BCUT2D eigenvalue weighted by molar-refractivity contribution is 5.90. The van der Waals surface area contributed by atoms with Crippen LogP contribution in [0.25, 0.3) is 0 Å². The molecule has 0 saturated heterocycles. The molecule has 2 N–H and O–H groups in total. The van der Waals surface area contributed by atoms with Gasteiger partial charge in [0.1, 0.15) is 11.3 Å². The Balaban J connectivity index is 1.85. The number of furan rings is 1. The quantitative estimate of drug-likeness (QED) is 0.818. The summed E-state index contributed by atoms with van der Waals surface area (Å²) in [6.07, 6.45) is 4.10. The molecule has 2 aromatic rings. The Morgan fingerprint density at radius 1 is 1.40 bits per heavy atom. The molecule has 0 atom stereocenters. The van der Waals surface area contributed by atoms with Crippen LogP contribution in [0.1, 0.15) is 16.1 Å². The van der Waals surface area contributed by atoms with Crippen LogP contribution in [0.3, 0.4) is 0 Å². The normalized spacial score (nSPS) is 10.0. The van der Waals surface area contributed by atoms with E-state index in [2.05, 4.69) is 10.3 Å². The molecule has 0 unspecified atom stereocenters. The number of ether oxygens (including phenoxy) is 1. The summed E-state index contributed by atoms with van der Waals surface area (Å²) in [6.45, 7) is -0.0549. The number of amides is 1. The summed E-state index contributed by atoms with van der Waals surface area (Å²) in [5.41, 5.74) is -0.0427. The first-order chi connectivity index (χ1) is 9.66. The second-order valence-electron chi connectivity index (χ2n) is 3.82. The fourth-order valence-corrected chi connectivity index (χ4v) is 1.46. The van der Waals surface area contributed by atoms with Gasteiger partial charge in [-0.2, -0.15) is 0 Å². The lowest BCUT2D eigenvalue weighted by atomic mass is 10.2. The van der Waals surface area contributed by atoms with Crippen LogP contribution in [0, 0.1) is 0 Å². The van der Waals surface area contributed by atoms with Gasteiger partial charge >= 0.3 is 5.97 Å². The molecule has 0 fully saturated rings. The molecule has 0 aliphatic rings. The standard InChI is InChI=1S/C13H12N2O5/c16-12(15-6-9-2-1-5-19-9)8-20-11-7-14-4-3-10(11)13(17)18/h1-5,7H,6,8H2,(H,15,16)(H,17,18). The van der Waals surface area contributed by atoms with Crippen molar-refractivity contribution in [1.29, 1.82) is 0 Å². The Morgan fingerprint density at radius 3 is 2.95 bits per heavy atom. The molecule has 0 aromatic carbocycles. The van der Waals surface area contributed by atoms with Gasteiger partial charge in [0.2, 0.25) is 0 Å². The lowest BCUT2D eigenvalue weighted by molar-refractivity contribution is -0.123. The van der Waals surface area contributed by atoms with Crippen LogP contribution >= 0.6 is 0 Å². The number of aromatic carboxylic acids is 1. The smallest absolute Gasteiger partial charge is 0.339 e. The summed E-state index contributed by atoms with van der Waals surface area (Å²) in [4.78, 5) is 26.2. The van der Waals surface area contributed by atoms with Crippen molar-refractivity contribution in [2.45, 2.75) is 6.54 Å². The molecule has 2 aromatic heterocycles. The van der Waals surface area contributed by atoms with Gasteiger partial charge in [-0.25, -0.2) is 4.79 Å². The van der Waals surface area contributed by atoms with E-state index in [9.17, 15) is 9.59 Å². The molecule has 0 bridgehead atoms. The van der Waals surface area contributed by atoms with Crippen molar-refractivity contribution in [3.8, 4) is 5.75 Å². The van der Waals surface area contributed by atoms with E-state index in [1.54, 1.807) is 12.1 Å². The Labute approximate surface area is 114 Å². The molecular formula is C13H12N2O5. The van der Waals surface area contributed by atoms with E-state index in [1.807, 2.05) is 0 Å². The Kier molecular flexibility index (Phi) is 4.33. The van der Waals surface area contributed by atoms with Crippen LogP contribution < -0.4 is 10.1 Å². The molecular weight excluding hydrogens is 264 g/mol. The summed E-state index contributed by atoms with van der Waals surface area (Å²) < 4.78 is 10.2. The second kappa shape index (κ2) is 6.37. The number of carboxylic acids is 1. The van der Waals surface area contributed by atoms with Crippen molar-refractivity contribution in [1.82, 2.24) is 10.3 Å². The van der Waals surface area contributed by atoms with Gasteiger partial charge in [-0.05, 0) is 18.2 Å². The molecule has 1 amide bonds. The molecule has 2 heterocycles. The van der Waals surface area contributed by atoms with Crippen LogP contribution in [0.2, 0.25) is 0 Å². The van der Waals surface area contributed by atoms with Gasteiger partial charge in [0.25, 0.3) is 5.91 Å². The number of carboxylic acid groups (broad SMARTS) is 1. The Hall–Kier alpha value is -2.83. The first-order valence-corrected chi connectivity index (χ1v) is 5.76. The average molecular weight is 276 g/mol. The predicted molar refractivity (Wildman–Crippen MR) is 67.2 cm³/mol. The number of pyridine rings is 1. The number of carbonyl (C=O) groups is 2. The highest BCUT2D eigenvalue weighted by Crippen LogP contribution is 2.15. The molecule has 0 radical (unpaired) electrons. The number of nitrogens with one attached hydrogen (secondary N) is 1. The third kappa shape index (κ3) is 3.58. The summed E-state index contributed by atoms with van der Waals surface area (Å²) >= 11 is 0. The third-order valence-electron chi connectivity index (χ3n) is 2.41. The summed E-state index contributed by atoms with van der Waals surface area (Å²) in [5.74, 6) is -0.862. The highest BCUT2D eigenvalue weighted by Gasteiger charge is 2.12. The summed E-state index contributed by atoms with van der Waals surface area (Å²) in [5, 5.41) is 11.5. The SMILES string of the molecule is O=C(COc1cnccc1C(=O)O)NCc1ccco1. The zero-order valence-electron chi connectivity index (χ0n) is 10.4. The minimum Gasteiger partial charge on any atom is -0.481 e. The largest absolute Gasteiger partial charge is 0.481 e. The molecule has 20 heavy (non-hydrogen) atoms. The molecule has 0 aliphatic carbocycles. The van der Waals surface area contributed by atoms with E-state index >= 15 is 0 Å². The van der Waals surface area contributed by atoms with Gasteiger partial charge in [-0.15, -0.1) is 0 Å². The van der Waals surface area contributed by atoms with Crippen molar-refractivity contribution in [3.05, 3.63) is 48.2 Å². The summed E-state index contributed by atoms with van der Waals surface area (Å²) in [7, 11) is 0. The number of hydrogen-bond acceptors (Lipinski definition) is 5. The van der Waals surface area contributed by atoms with E-state index < -0.39 is 5.97 Å². The van der Waals surface area contributed by atoms with E-state index in [4.69, 9.17) is 14.3 Å². The van der Waals surface area contributed by atoms with Gasteiger partial charge in [-0.1, -0.05) is 0 Å². The van der Waals surface area contributed by atoms with E-state index in [0.717, 1.165) is 0 Å². The molecule has 2 rings (SSSR count). The van der Waals surface area contributed by atoms with Crippen LogP contribution in [-0.4, -0.2) is 28.6 Å². The van der Waals surface area contributed by atoms with E-state index in [1.165, 1.54) is 24.7 Å². The maximum absolute atomic E-state index is 11.5. The van der Waals surface area contributed by atoms with Gasteiger partial charge in [0.05, 0.1) is 19.0 Å². The predicted octanol–water partition coefficient (Wildman–Crippen LogP) is 1.07. The fraction of sp³-hybridized carbons (Fsp3) is 0.154. The van der Waals surface area contributed by atoms with Crippen LogP contribution in [-0.2, 0) is 11.3 Å². The lowest BCUT2D eigenvalue weighted by Crippen LogP contribution is -2.28.